The maximum atomic E-state index is 13.2. The van der Waals surface area contributed by atoms with Gasteiger partial charge in [-0.3, -0.25) is 4.79 Å². The van der Waals surface area contributed by atoms with Crippen molar-refractivity contribution in [3.05, 3.63) is 71.0 Å². The fourth-order valence-electron chi connectivity index (χ4n) is 5.25. The van der Waals surface area contributed by atoms with Crippen molar-refractivity contribution in [2.45, 2.75) is 64.2 Å². The van der Waals surface area contributed by atoms with E-state index in [2.05, 4.69) is 15.3 Å². The van der Waals surface area contributed by atoms with E-state index in [-0.39, 0.29) is 24.5 Å². The van der Waals surface area contributed by atoms with E-state index in [1.54, 1.807) is 54.6 Å². The quantitative estimate of drug-likeness (QED) is 0.230. The average Bonchev–Trinajstić information content (AvgIpc) is 3.39. The zero-order valence-corrected chi connectivity index (χ0v) is 25.5. The Hall–Kier alpha value is -4.89. The number of likely N-dealkylation sites (tertiary alicyclic amines) is 1. The first kappa shape index (κ1) is 33.5. The van der Waals surface area contributed by atoms with Crippen LogP contribution in [0.3, 0.4) is 0 Å². The van der Waals surface area contributed by atoms with Crippen LogP contribution in [0.1, 0.15) is 66.7 Å². The van der Waals surface area contributed by atoms with Crippen LogP contribution >= 0.6 is 0 Å². The number of hydrogen-bond donors (Lipinski definition) is 2. The molecule has 0 saturated carbocycles. The molecule has 10 nitrogen and oxygen atoms in total. The second kappa shape index (κ2) is 12.4. The van der Waals surface area contributed by atoms with Crippen molar-refractivity contribution < 1.29 is 40.7 Å². The summed E-state index contributed by atoms with van der Waals surface area (Å²) in [6, 6.07) is 7.09. The molecule has 2 aromatic heterocycles. The largest absolute Gasteiger partial charge is 0.444 e. The normalized spacial score (nSPS) is 15.9. The predicted molar refractivity (Wildman–Crippen MR) is 159 cm³/mol. The van der Waals surface area contributed by atoms with Crippen LogP contribution in [0.2, 0.25) is 0 Å². The number of nitrogens with one attached hydrogen (secondary N) is 1. The van der Waals surface area contributed by atoms with Gasteiger partial charge in [-0.1, -0.05) is 24.3 Å². The van der Waals surface area contributed by atoms with Crippen LogP contribution in [-0.4, -0.2) is 55.3 Å². The van der Waals surface area contributed by atoms with Crippen LogP contribution in [0.4, 0.5) is 37.0 Å². The van der Waals surface area contributed by atoms with Crippen molar-refractivity contribution in [2.75, 3.05) is 18.8 Å². The maximum Gasteiger partial charge on any atom is 0.416 e. The third-order valence-electron chi connectivity index (χ3n) is 7.44. The smallest absolute Gasteiger partial charge is 0.416 e. The number of fused-ring (bicyclic) bond motifs is 1. The van der Waals surface area contributed by atoms with Crippen molar-refractivity contribution in [3.8, 4) is 11.3 Å². The van der Waals surface area contributed by atoms with Gasteiger partial charge in [-0.2, -0.15) is 31.4 Å². The molecule has 1 saturated heterocycles. The summed E-state index contributed by atoms with van der Waals surface area (Å²) in [6.07, 6.45) is -7.83. The first-order valence-corrected chi connectivity index (χ1v) is 14.5. The number of nitrogens with two attached hydrogens (primary N) is 1. The summed E-state index contributed by atoms with van der Waals surface area (Å²) in [5, 5.41) is 7.68. The molecule has 1 aliphatic rings. The molecule has 2 aromatic carbocycles. The summed E-state index contributed by atoms with van der Waals surface area (Å²) in [6.45, 7) is 6.07. The number of nitrogen functional groups attached to an aromatic ring is 1. The second-order valence-electron chi connectivity index (χ2n) is 12.1. The van der Waals surface area contributed by atoms with E-state index >= 15 is 0 Å². The topological polar surface area (TPSA) is 128 Å². The van der Waals surface area contributed by atoms with Gasteiger partial charge in [-0.25, -0.2) is 19.4 Å². The SMILES string of the molecule is CC(C)(C)OC(=O)N1CCC[C@@H](n2nc(-c3ccc(CNC(=O)c4cc(C(F)(F)F)cc(C(F)(F)F)c4)cc3)c3c(N)ncnc32)C1. The molecule has 1 atom stereocenters. The fraction of sp³-hybridized carbons (Fsp3) is 0.387. The lowest BCUT2D eigenvalue weighted by Gasteiger charge is -2.34. The van der Waals surface area contributed by atoms with E-state index in [0.29, 0.717) is 65.9 Å². The molecular formula is C31H31F6N7O3. The van der Waals surface area contributed by atoms with Crippen molar-refractivity contribution in [2.24, 2.45) is 0 Å². The van der Waals surface area contributed by atoms with E-state index in [1.807, 2.05) is 0 Å². The molecule has 0 bridgehead atoms. The lowest BCUT2D eigenvalue weighted by Crippen LogP contribution is -2.43. The van der Waals surface area contributed by atoms with E-state index < -0.39 is 46.6 Å². The Morgan fingerprint density at radius 3 is 2.21 bits per heavy atom. The Bertz CT molecular complexity index is 1760. The highest BCUT2D eigenvalue weighted by atomic mass is 19.4. The summed E-state index contributed by atoms with van der Waals surface area (Å²) in [5.41, 5.74) is 3.72. The number of ether oxygens (including phenoxy) is 1. The Morgan fingerprint density at radius 2 is 1.62 bits per heavy atom. The van der Waals surface area contributed by atoms with E-state index in [4.69, 9.17) is 15.6 Å². The summed E-state index contributed by atoms with van der Waals surface area (Å²) >= 11 is 0. The lowest BCUT2D eigenvalue weighted by molar-refractivity contribution is -0.143. The molecule has 0 aliphatic carbocycles. The van der Waals surface area contributed by atoms with Gasteiger partial charge in [0.25, 0.3) is 5.91 Å². The second-order valence-corrected chi connectivity index (χ2v) is 12.1. The average molecular weight is 664 g/mol. The predicted octanol–water partition coefficient (Wildman–Crippen LogP) is 6.62. The number of rotatable bonds is 5. The molecule has 1 fully saturated rings. The molecule has 4 aromatic rings. The first-order chi connectivity index (χ1) is 21.9. The first-order valence-electron chi connectivity index (χ1n) is 14.5. The third kappa shape index (κ3) is 7.58. The van der Waals surface area contributed by atoms with Crippen LogP contribution in [0.5, 0.6) is 0 Å². The third-order valence-corrected chi connectivity index (χ3v) is 7.44. The van der Waals surface area contributed by atoms with Gasteiger partial charge >= 0.3 is 18.4 Å². The van der Waals surface area contributed by atoms with Crippen molar-refractivity contribution in [1.82, 2.24) is 30.0 Å². The molecule has 0 spiro atoms. The standard InChI is InChI=1S/C31H31F6N7O3/c1-29(2,3)47-28(46)43-10-4-5-22(15-43)44-26-23(25(38)40-16-41-26)24(42-44)18-8-6-17(7-9-18)14-39-27(45)19-11-20(30(32,33)34)13-21(12-19)31(35,36)37/h6-9,11-13,16,22H,4-5,10,14-15H2,1-3H3,(H,39,45)(H2,38,40,41)/t22-/m1/s1. The number of halogens is 6. The van der Waals surface area contributed by atoms with Gasteiger partial charge in [0.2, 0.25) is 0 Å². The minimum absolute atomic E-state index is 0.0381. The van der Waals surface area contributed by atoms with Crippen molar-refractivity contribution >= 4 is 28.9 Å². The molecule has 250 valence electrons. The van der Waals surface area contributed by atoms with Crippen molar-refractivity contribution in [1.29, 1.82) is 0 Å². The number of anilines is 1. The molecule has 47 heavy (non-hydrogen) atoms. The number of alkyl halides is 6. The van der Waals surface area contributed by atoms with Gasteiger partial charge in [0.1, 0.15) is 23.4 Å². The van der Waals surface area contributed by atoms with Crippen LogP contribution in [0.15, 0.2) is 48.8 Å². The summed E-state index contributed by atoms with van der Waals surface area (Å²) in [4.78, 5) is 35.5. The maximum absolute atomic E-state index is 13.2. The van der Waals surface area contributed by atoms with E-state index in [9.17, 15) is 35.9 Å². The molecule has 0 radical (unpaired) electrons. The number of aromatic nitrogens is 4. The Morgan fingerprint density at radius 1 is 0.979 bits per heavy atom. The van der Waals surface area contributed by atoms with Gasteiger partial charge in [0.15, 0.2) is 5.65 Å². The summed E-state index contributed by atoms with van der Waals surface area (Å²) in [5.74, 6) is -0.917. The molecule has 2 amide bonds. The summed E-state index contributed by atoms with van der Waals surface area (Å²) < 4.78 is 86.6. The van der Waals surface area contributed by atoms with E-state index in [1.165, 1.54) is 6.33 Å². The molecule has 16 heteroatoms. The monoisotopic (exact) mass is 663 g/mol. The number of piperidine rings is 1. The van der Waals surface area contributed by atoms with Gasteiger partial charge in [0, 0.05) is 30.8 Å². The molecule has 1 aliphatic heterocycles. The van der Waals surface area contributed by atoms with Crippen molar-refractivity contribution in [3.63, 3.8) is 0 Å². The number of hydrogen-bond acceptors (Lipinski definition) is 7. The van der Waals surface area contributed by atoms with Gasteiger partial charge in [0.05, 0.1) is 22.6 Å². The van der Waals surface area contributed by atoms with Gasteiger partial charge < -0.3 is 20.7 Å². The number of carbonyl (C=O) groups excluding carboxylic acids is 2. The highest BCUT2D eigenvalue weighted by molar-refractivity contribution is 5.98. The number of amides is 2. The molecule has 3 N–H and O–H groups in total. The van der Waals surface area contributed by atoms with Crippen LogP contribution < -0.4 is 11.1 Å². The minimum Gasteiger partial charge on any atom is -0.444 e. The Labute approximate surface area is 264 Å². The zero-order valence-electron chi connectivity index (χ0n) is 25.5. The number of carbonyl (C=O) groups is 2. The Kier molecular flexibility index (Phi) is 8.81. The van der Waals surface area contributed by atoms with Crippen LogP contribution in [-0.2, 0) is 23.6 Å². The summed E-state index contributed by atoms with van der Waals surface area (Å²) in [7, 11) is 0. The van der Waals surface area contributed by atoms with E-state index in [0.717, 1.165) is 0 Å². The highest BCUT2D eigenvalue weighted by Crippen LogP contribution is 2.37. The zero-order chi connectivity index (χ0) is 34.3. The molecule has 3 heterocycles. The lowest BCUT2D eigenvalue weighted by atomic mass is 10.0. The van der Waals surface area contributed by atoms with Gasteiger partial charge in [-0.05, 0) is 57.4 Å². The number of nitrogens with zero attached hydrogens (tertiary/aromatic N) is 5. The fourth-order valence-corrected chi connectivity index (χ4v) is 5.25. The highest BCUT2D eigenvalue weighted by Gasteiger charge is 2.37. The minimum atomic E-state index is -5.08. The van der Waals surface area contributed by atoms with Gasteiger partial charge in [-0.15, -0.1) is 0 Å². The van der Waals surface area contributed by atoms with Crippen LogP contribution in [0.25, 0.3) is 22.3 Å². The number of benzene rings is 2. The molecule has 5 rings (SSSR count). The van der Waals surface area contributed by atoms with Crippen LogP contribution in [0, 0.1) is 0 Å². The molecular weight excluding hydrogens is 632 g/mol. The molecule has 0 unspecified atom stereocenters. The Balaban J connectivity index is 1.36.